The summed E-state index contributed by atoms with van der Waals surface area (Å²) in [6, 6.07) is 16.8. The fraction of sp³-hybridized carbons (Fsp3) is 0.355. The zero-order valence-electron chi connectivity index (χ0n) is 23.5. The minimum absolute atomic E-state index is 0.0146. The maximum atomic E-state index is 14.2. The first-order valence-corrected chi connectivity index (χ1v) is 16.5. The van der Waals surface area contributed by atoms with Crippen molar-refractivity contribution in [2.24, 2.45) is 0 Å². The van der Waals surface area contributed by atoms with Crippen LogP contribution < -0.4 is 9.62 Å². The molecule has 1 N–H and O–H groups in total. The summed E-state index contributed by atoms with van der Waals surface area (Å²) in [4.78, 5) is 29.2. The number of carbonyl (C=O) groups is 2. The molecule has 1 fully saturated rings. The van der Waals surface area contributed by atoms with Crippen LogP contribution in [0.25, 0.3) is 0 Å². The predicted octanol–water partition coefficient (Wildman–Crippen LogP) is 7.02. The molecule has 1 saturated carbocycles. The summed E-state index contributed by atoms with van der Waals surface area (Å²) in [5.74, 6) is -0.843. The van der Waals surface area contributed by atoms with Crippen molar-refractivity contribution in [3.05, 3.63) is 92.9 Å². The quantitative estimate of drug-likeness (QED) is 0.242. The Morgan fingerprint density at radius 3 is 2.26 bits per heavy atom. The van der Waals surface area contributed by atoms with Crippen LogP contribution in [0.2, 0.25) is 15.1 Å². The van der Waals surface area contributed by atoms with Crippen molar-refractivity contribution < 1.29 is 18.0 Å². The molecule has 0 saturated heterocycles. The molecule has 3 aromatic rings. The number of amides is 2. The van der Waals surface area contributed by atoms with Gasteiger partial charge in [0.1, 0.15) is 12.6 Å². The molecule has 0 aliphatic heterocycles. The molecule has 11 heteroatoms. The topological polar surface area (TPSA) is 86.8 Å². The van der Waals surface area contributed by atoms with Crippen molar-refractivity contribution in [1.82, 2.24) is 10.2 Å². The minimum atomic E-state index is -4.19. The molecule has 0 bridgehead atoms. The smallest absolute Gasteiger partial charge is 0.264 e. The lowest BCUT2D eigenvalue weighted by atomic mass is 10.1. The summed E-state index contributed by atoms with van der Waals surface area (Å²) in [7, 11) is -4.19. The second-order valence-electron chi connectivity index (χ2n) is 10.4. The lowest BCUT2D eigenvalue weighted by Gasteiger charge is -2.34. The SMILES string of the molecule is CC[C@@H](C(=O)NC1CCCC1)N(Cc1ccc(Cl)cc1Cl)C(=O)CN(c1ccc(C)c(Cl)c1)S(=O)(=O)c1ccccc1. The molecule has 2 amide bonds. The van der Waals surface area contributed by atoms with Crippen LogP contribution in [0.5, 0.6) is 0 Å². The maximum Gasteiger partial charge on any atom is 0.264 e. The molecule has 42 heavy (non-hydrogen) atoms. The molecule has 7 nitrogen and oxygen atoms in total. The highest BCUT2D eigenvalue weighted by Gasteiger charge is 2.35. The second-order valence-corrected chi connectivity index (χ2v) is 13.5. The van der Waals surface area contributed by atoms with Crippen LogP contribution in [0.1, 0.15) is 50.2 Å². The maximum absolute atomic E-state index is 14.2. The van der Waals surface area contributed by atoms with Crippen molar-refractivity contribution in [3.63, 3.8) is 0 Å². The zero-order chi connectivity index (χ0) is 30.4. The van der Waals surface area contributed by atoms with Crippen LogP contribution in [-0.2, 0) is 26.2 Å². The van der Waals surface area contributed by atoms with Gasteiger partial charge in [0.2, 0.25) is 11.8 Å². The first-order chi connectivity index (χ1) is 20.0. The van der Waals surface area contributed by atoms with Crippen molar-refractivity contribution >= 4 is 62.3 Å². The molecule has 0 radical (unpaired) electrons. The molecule has 224 valence electrons. The van der Waals surface area contributed by atoms with E-state index in [0.717, 1.165) is 35.6 Å². The van der Waals surface area contributed by atoms with E-state index < -0.39 is 28.5 Å². The van der Waals surface area contributed by atoms with Gasteiger partial charge in [0.25, 0.3) is 10.0 Å². The summed E-state index contributed by atoms with van der Waals surface area (Å²) >= 11 is 19.0. The van der Waals surface area contributed by atoms with Gasteiger partial charge in [0.05, 0.1) is 10.6 Å². The Labute approximate surface area is 262 Å². The number of hydrogen-bond acceptors (Lipinski definition) is 4. The highest BCUT2D eigenvalue weighted by molar-refractivity contribution is 7.92. The van der Waals surface area contributed by atoms with Gasteiger partial charge in [-0.15, -0.1) is 0 Å². The summed E-state index contributed by atoms with van der Waals surface area (Å²) < 4.78 is 28.9. The Hall–Kier alpha value is -2.78. The van der Waals surface area contributed by atoms with E-state index >= 15 is 0 Å². The van der Waals surface area contributed by atoms with Gasteiger partial charge in [-0.25, -0.2) is 8.42 Å². The van der Waals surface area contributed by atoms with Crippen LogP contribution in [0.3, 0.4) is 0 Å². The van der Waals surface area contributed by atoms with Gasteiger partial charge in [-0.3, -0.25) is 13.9 Å². The lowest BCUT2D eigenvalue weighted by Crippen LogP contribution is -2.53. The van der Waals surface area contributed by atoms with Gasteiger partial charge >= 0.3 is 0 Å². The molecule has 1 aliphatic rings. The molecule has 1 aliphatic carbocycles. The zero-order valence-corrected chi connectivity index (χ0v) is 26.6. The van der Waals surface area contributed by atoms with Crippen molar-refractivity contribution in [2.75, 3.05) is 10.8 Å². The largest absolute Gasteiger partial charge is 0.352 e. The third-order valence-electron chi connectivity index (χ3n) is 7.50. The molecule has 0 unspecified atom stereocenters. The predicted molar refractivity (Wildman–Crippen MR) is 169 cm³/mol. The highest BCUT2D eigenvalue weighted by atomic mass is 35.5. The third-order valence-corrected chi connectivity index (χ3v) is 10.3. The van der Waals surface area contributed by atoms with Gasteiger partial charge in [0, 0.05) is 27.7 Å². The van der Waals surface area contributed by atoms with Gasteiger partial charge in [-0.1, -0.05) is 84.9 Å². The van der Waals surface area contributed by atoms with E-state index in [0.29, 0.717) is 27.1 Å². The van der Waals surface area contributed by atoms with Gasteiger partial charge in [-0.05, 0) is 73.7 Å². The number of benzene rings is 3. The highest BCUT2D eigenvalue weighted by Crippen LogP contribution is 2.30. The number of carbonyl (C=O) groups excluding carboxylic acids is 2. The number of nitrogens with zero attached hydrogens (tertiary/aromatic N) is 2. The Kier molecular flexibility index (Phi) is 10.8. The van der Waals surface area contributed by atoms with Crippen molar-refractivity contribution in [1.29, 1.82) is 0 Å². The van der Waals surface area contributed by atoms with E-state index in [1.54, 1.807) is 55.5 Å². The molecule has 3 aromatic carbocycles. The fourth-order valence-electron chi connectivity index (χ4n) is 5.11. The molecular formula is C31H34Cl3N3O4S. The van der Waals surface area contributed by atoms with Crippen LogP contribution in [0.15, 0.2) is 71.6 Å². The van der Waals surface area contributed by atoms with E-state index in [2.05, 4.69) is 5.32 Å². The van der Waals surface area contributed by atoms with E-state index in [4.69, 9.17) is 34.8 Å². The summed E-state index contributed by atoms with van der Waals surface area (Å²) in [6.45, 7) is 3.05. The number of nitrogens with one attached hydrogen (secondary N) is 1. The van der Waals surface area contributed by atoms with E-state index in [1.165, 1.54) is 23.1 Å². The average Bonchev–Trinajstić information content (AvgIpc) is 3.47. The molecular weight excluding hydrogens is 617 g/mol. The van der Waals surface area contributed by atoms with Gasteiger partial charge < -0.3 is 10.2 Å². The average molecular weight is 651 g/mol. The second kappa shape index (κ2) is 14.1. The van der Waals surface area contributed by atoms with Crippen LogP contribution in [0.4, 0.5) is 5.69 Å². The normalized spacial score (nSPS) is 14.4. The van der Waals surface area contributed by atoms with Crippen LogP contribution >= 0.6 is 34.8 Å². The number of aryl methyl sites for hydroxylation is 1. The van der Waals surface area contributed by atoms with Gasteiger partial charge in [0.15, 0.2) is 0 Å². The summed E-state index contributed by atoms with van der Waals surface area (Å²) in [6.07, 6.45) is 4.16. The standard InChI is InChI=1S/C31H34Cl3N3O4S/c1-3-29(31(39)35-24-9-7-8-10-24)36(19-22-14-15-23(32)17-28(22)34)30(38)20-37(25-16-13-21(2)27(33)18-25)42(40,41)26-11-5-4-6-12-26/h4-6,11-18,24,29H,3,7-10,19-20H2,1-2H3,(H,35,39)/t29-/m0/s1. The Morgan fingerprint density at radius 2 is 1.64 bits per heavy atom. The third kappa shape index (κ3) is 7.59. The number of rotatable bonds is 11. The number of anilines is 1. The number of sulfonamides is 1. The molecule has 0 spiro atoms. The molecule has 4 rings (SSSR count). The fourth-order valence-corrected chi connectivity index (χ4v) is 7.18. The van der Waals surface area contributed by atoms with Crippen LogP contribution in [0, 0.1) is 6.92 Å². The minimum Gasteiger partial charge on any atom is -0.352 e. The Bertz CT molecular complexity index is 1530. The monoisotopic (exact) mass is 649 g/mol. The summed E-state index contributed by atoms with van der Waals surface area (Å²) in [5, 5.41) is 4.23. The summed E-state index contributed by atoms with van der Waals surface area (Å²) in [5.41, 5.74) is 1.57. The first kappa shape index (κ1) is 32.1. The van der Waals surface area contributed by atoms with Gasteiger partial charge in [-0.2, -0.15) is 0 Å². The Morgan fingerprint density at radius 1 is 0.952 bits per heavy atom. The van der Waals surface area contributed by atoms with Crippen LogP contribution in [-0.4, -0.2) is 43.8 Å². The lowest BCUT2D eigenvalue weighted by molar-refractivity contribution is -0.140. The molecule has 0 aromatic heterocycles. The van der Waals surface area contributed by atoms with Crippen molar-refractivity contribution in [2.45, 2.75) is 69.5 Å². The first-order valence-electron chi connectivity index (χ1n) is 13.9. The van der Waals surface area contributed by atoms with E-state index in [-0.39, 0.29) is 29.1 Å². The number of halogens is 3. The molecule has 1 atom stereocenters. The molecule has 0 heterocycles. The Balaban J connectivity index is 1.74. The van der Waals surface area contributed by atoms with E-state index in [9.17, 15) is 18.0 Å². The van der Waals surface area contributed by atoms with Crippen molar-refractivity contribution in [3.8, 4) is 0 Å². The van der Waals surface area contributed by atoms with E-state index in [1.807, 2.05) is 6.92 Å². The number of hydrogen-bond donors (Lipinski definition) is 1.